The summed E-state index contributed by atoms with van der Waals surface area (Å²) in [5, 5.41) is 0. The van der Waals surface area contributed by atoms with Crippen LogP contribution in [-0.4, -0.2) is 47.1 Å². The topological polar surface area (TPSA) is 58.2 Å². The Labute approximate surface area is 143 Å². The Morgan fingerprint density at radius 1 is 1.46 bits per heavy atom. The highest BCUT2D eigenvalue weighted by atomic mass is 16.5. The lowest BCUT2D eigenvalue weighted by Gasteiger charge is -2.38. The van der Waals surface area contributed by atoms with Crippen molar-refractivity contribution in [2.75, 3.05) is 20.2 Å². The molecule has 3 rings (SSSR count). The van der Waals surface area contributed by atoms with Crippen molar-refractivity contribution in [3.05, 3.63) is 53.6 Å². The number of nitrogens with zero attached hydrogens (tertiary/aromatic N) is 2. The molecular weight excluding hydrogens is 302 g/mol. The molecule has 5 heteroatoms. The molecule has 0 bridgehead atoms. The van der Waals surface area contributed by atoms with Crippen LogP contribution in [-0.2, 0) is 22.4 Å². The number of ether oxygens (including phenoxy) is 1. The third kappa shape index (κ3) is 4.03. The Hall–Kier alpha value is -2.14. The summed E-state index contributed by atoms with van der Waals surface area (Å²) in [5.74, 6) is 0.586. The van der Waals surface area contributed by atoms with Crippen molar-refractivity contribution in [2.45, 2.75) is 32.3 Å². The summed E-state index contributed by atoms with van der Waals surface area (Å²) in [6.45, 7) is 3.58. The van der Waals surface area contributed by atoms with Crippen molar-refractivity contribution >= 4 is 5.91 Å². The number of aromatic amines is 1. The van der Waals surface area contributed by atoms with Crippen molar-refractivity contribution in [3.63, 3.8) is 0 Å². The first-order valence-electron chi connectivity index (χ1n) is 8.49. The van der Waals surface area contributed by atoms with Crippen molar-refractivity contribution in [1.82, 2.24) is 14.9 Å². The summed E-state index contributed by atoms with van der Waals surface area (Å²) in [4.78, 5) is 21.3. The van der Waals surface area contributed by atoms with E-state index in [0.29, 0.717) is 18.9 Å². The van der Waals surface area contributed by atoms with E-state index in [-0.39, 0.29) is 12.0 Å². The van der Waals surface area contributed by atoms with Crippen molar-refractivity contribution in [1.29, 1.82) is 0 Å². The van der Waals surface area contributed by atoms with Gasteiger partial charge in [0.15, 0.2) is 0 Å². The Kier molecular flexibility index (Phi) is 5.30. The summed E-state index contributed by atoms with van der Waals surface area (Å²) < 4.78 is 5.71. The summed E-state index contributed by atoms with van der Waals surface area (Å²) in [5.41, 5.74) is 3.49. The first-order valence-corrected chi connectivity index (χ1v) is 8.49. The van der Waals surface area contributed by atoms with E-state index in [2.05, 4.69) is 41.2 Å². The normalized spacial score (nSPS) is 21.0. The van der Waals surface area contributed by atoms with E-state index in [9.17, 15) is 4.79 Å². The van der Waals surface area contributed by atoms with Crippen LogP contribution in [0.25, 0.3) is 0 Å². The largest absolute Gasteiger partial charge is 0.379 e. The van der Waals surface area contributed by atoms with E-state index in [1.54, 1.807) is 19.6 Å². The Bertz CT molecular complexity index is 669. The van der Waals surface area contributed by atoms with Crippen LogP contribution in [0, 0.1) is 12.8 Å². The van der Waals surface area contributed by atoms with Crippen LogP contribution in [0.3, 0.4) is 0 Å². The van der Waals surface area contributed by atoms with Crippen molar-refractivity contribution < 1.29 is 9.53 Å². The Morgan fingerprint density at radius 3 is 3.04 bits per heavy atom. The van der Waals surface area contributed by atoms with Crippen LogP contribution in [0.15, 0.2) is 36.8 Å². The maximum absolute atomic E-state index is 12.5. The SMILES string of the molecule is CO[C@H]1CN(C(=O)Cc2cnc[nH]2)CC[C@@H]1Cc1cccc(C)c1. The van der Waals surface area contributed by atoms with Crippen molar-refractivity contribution in [2.24, 2.45) is 5.92 Å². The number of aryl methyl sites for hydroxylation is 1. The van der Waals surface area contributed by atoms with Gasteiger partial charge < -0.3 is 14.6 Å². The fourth-order valence-electron chi connectivity index (χ4n) is 3.49. The number of piperidine rings is 1. The lowest BCUT2D eigenvalue weighted by Crippen LogP contribution is -2.48. The number of nitrogens with one attached hydrogen (secondary N) is 1. The molecule has 2 heterocycles. The van der Waals surface area contributed by atoms with Gasteiger partial charge >= 0.3 is 0 Å². The van der Waals surface area contributed by atoms with Gasteiger partial charge in [-0.2, -0.15) is 0 Å². The summed E-state index contributed by atoms with van der Waals surface area (Å²) in [6, 6.07) is 8.64. The number of aromatic nitrogens is 2. The average Bonchev–Trinajstić information content (AvgIpc) is 3.08. The summed E-state index contributed by atoms with van der Waals surface area (Å²) in [7, 11) is 1.75. The molecule has 0 aliphatic carbocycles. The van der Waals surface area contributed by atoms with Gasteiger partial charge in [0.25, 0.3) is 0 Å². The number of carbonyl (C=O) groups excluding carboxylic acids is 1. The average molecular weight is 327 g/mol. The molecule has 2 aromatic rings. The second-order valence-corrected chi connectivity index (χ2v) is 6.61. The van der Waals surface area contributed by atoms with Crippen LogP contribution in [0.1, 0.15) is 23.2 Å². The molecule has 5 nitrogen and oxygen atoms in total. The molecule has 0 spiro atoms. The van der Waals surface area contributed by atoms with Gasteiger partial charge in [-0.25, -0.2) is 4.98 Å². The van der Waals surface area contributed by atoms with Gasteiger partial charge in [0.1, 0.15) is 0 Å². The summed E-state index contributed by atoms with van der Waals surface area (Å²) >= 11 is 0. The van der Waals surface area contributed by atoms with Crippen LogP contribution in [0.5, 0.6) is 0 Å². The van der Waals surface area contributed by atoms with Gasteiger partial charge in [-0.3, -0.25) is 4.79 Å². The van der Waals surface area contributed by atoms with Gasteiger partial charge in [0, 0.05) is 32.1 Å². The van der Waals surface area contributed by atoms with Gasteiger partial charge in [-0.05, 0) is 31.2 Å². The fourth-order valence-corrected chi connectivity index (χ4v) is 3.49. The van der Waals surface area contributed by atoms with Gasteiger partial charge in [0.05, 0.1) is 18.9 Å². The van der Waals surface area contributed by atoms with Gasteiger partial charge in [-0.15, -0.1) is 0 Å². The van der Waals surface area contributed by atoms with Crippen LogP contribution < -0.4 is 0 Å². The minimum atomic E-state index is 0.0879. The van der Waals surface area contributed by atoms with E-state index in [0.717, 1.165) is 25.1 Å². The second kappa shape index (κ2) is 7.62. The second-order valence-electron chi connectivity index (χ2n) is 6.61. The number of amides is 1. The molecular formula is C19H25N3O2. The smallest absolute Gasteiger partial charge is 0.228 e. The molecule has 1 aliphatic heterocycles. The third-order valence-corrected chi connectivity index (χ3v) is 4.83. The lowest BCUT2D eigenvalue weighted by molar-refractivity contribution is -0.135. The first-order chi connectivity index (χ1) is 11.7. The van der Waals surface area contributed by atoms with Gasteiger partial charge in [0.2, 0.25) is 5.91 Å². The molecule has 0 unspecified atom stereocenters. The molecule has 1 fully saturated rings. The minimum absolute atomic E-state index is 0.0879. The van der Waals surface area contributed by atoms with Crippen LogP contribution in [0.4, 0.5) is 0 Å². The maximum Gasteiger partial charge on any atom is 0.228 e. The van der Waals surface area contributed by atoms with Gasteiger partial charge in [-0.1, -0.05) is 29.8 Å². The van der Waals surface area contributed by atoms with Crippen LogP contribution >= 0.6 is 0 Å². The van der Waals surface area contributed by atoms with E-state index < -0.39 is 0 Å². The van der Waals surface area contributed by atoms with E-state index in [1.807, 2.05) is 4.90 Å². The number of methoxy groups -OCH3 is 1. The number of hydrogen-bond donors (Lipinski definition) is 1. The molecule has 1 saturated heterocycles. The quantitative estimate of drug-likeness (QED) is 0.917. The number of benzene rings is 1. The zero-order valence-electron chi connectivity index (χ0n) is 14.4. The zero-order valence-corrected chi connectivity index (χ0v) is 14.4. The third-order valence-electron chi connectivity index (χ3n) is 4.83. The lowest BCUT2D eigenvalue weighted by atomic mass is 9.87. The van der Waals surface area contributed by atoms with Crippen molar-refractivity contribution in [3.8, 4) is 0 Å². The number of hydrogen-bond acceptors (Lipinski definition) is 3. The standard InChI is InChI=1S/C19H25N3O2/c1-14-4-3-5-15(8-14)9-16-6-7-22(12-18(16)24-2)19(23)10-17-11-20-13-21-17/h3-5,8,11,13,16,18H,6-7,9-10,12H2,1-2H3,(H,20,21)/t16-,18+/m1/s1. The van der Waals surface area contributed by atoms with E-state index in [1.165, 1.54) is 11.1 Å². The number of imidazole rings is 1. The molecule has 1 N–H and O–H groups in total. The highest BCUT2D eigenvalue weighted by Gasteiger charge is 2.31. The molecule has 1 aliphatic rings. The van der Waals surface area contributed by atoms with E-state index >= 15 is 0 Å². The molecule has 24 heavy (non-hydrogen) atoms. The monoisotopic (exact) mass is 327 g/mol. The maximum atomic E-state index is 12.5. The molecule has 0 radical (unpaired) electrons. The molecule has 1 aromatic heterocycles. The Balaban J connectivity index is 1.60. The molecule has 0 saturated carbocycles. The highest BCUT2D eigenvalue weighted by molar-refractivity contribution is 5.78. The summed E-state index contributed by atoms with van der Waals surface area (Å²) in [6.07, 6.45) is 5.75. The zero-order chi connectivity index (χ0) is 16.9. The van der Waals surface area contributed by atoms with Crippen LogP contribution in [0.2, 0.25) is 0 Å². The number of rotatable bonds is 5. The number of carbonyl (C=O) groups is 1. The number of H-pyrrole nitrogens is 1. The molecule has 2 atom stereocenters. The number of likely N-dealkylation sites (tertiary alicyclic amines) is 1. The molecule has 1 aromatic carbocycles. The first kappa shape index (κ1) is 16.7. The Morgan fingerprint density at radius 2 is 2.33 bits per heavy atom. The highest BCUT2D eigenvalue weighted by Crippen LogP contribution is 2.25. The predicted molar refractivity (Wildman–Crippen MR) is 92.7 cm³/mol. The van der Waals surface area contributed by atoms with E-state index in [4.69, 9.17) is 4.74 Å². The fraction of sp³-hybridized carbons (Fsp3) is 0.474. The predicted octanol–water partition coefficient (Wildman–Crippen LogP) is 2.37. The molecule has 128 valence electrons. The minimum Gasteiger partial charge on any atom is -0.379 e. The molecule has 1 amide bonds.